The predicted molar refractivity (Wildman–Crippen MR) is 79.0 cm³/mol. The van der Waals surface area contributed by atoms with Gasteiger partial charge in [0.25, 0.3) is 5.69 Å². The highest BCUT2D eigenvalue weighted by atomic mass is 79.9. The van der Waals surface area contributed by atoms with Crippen LogP contribution >= 0.6 is 15.9 Å². The lowest BCUT2D eigenvalue weighted by Gasteiger charge is -2.35. The molecule has 0 saturated carbocycles. The van der Waals surface area contributed by atoms with Gasteiger partial charge in [0.1, 0.15) is 0 Å². The predicted octanol–water partition coefficient (Wildman–Crippen LogP) is 3.84. The summed E-state index contributed by atoms with van der Waals surface area (Å²) >= 11 is 3.44. The smallest absolute Gasteiger partial charge is 0.275 e. The van der Waals surface area contributed by atoms with Crippen LogP contribution in [0.4, 0.5) is 5.69 Å². The number of likely N-dealkylation sites (tertiary alicyclic amines) is 1. The van der Waals surface area contributed by atoms with Crippen molar-refractivity contribution in [2.45, 2.75) is 26.8 Å². The standard InChI is InChI=1S/C14H19BrN2O2/c1-10-6-11(2)8-16(7-10)9-12-13(15)4-3-5-14(12)17(18)19/h3-5,10-11H,6-9H2,1-2H3. The number of piperidine rings is 1. The summed E-state index contributed by atoms with van der Waals surface area (Å²) in [5.74, 6) is 1.32. The molecule has 2 rings (SSSR count). The summed E-state index contributed by atoms with van der Waals surface area (Å²) in [6, 6.07) is 5.17. The van der Waals surface area contributed by atoms with E-state index in [2.05, 4.69) is 34.7 Å². The van der Waals surface area contributed by atoms with E-state index in [4.69, 9.17) is 0 Å². The third-order valence-corrected chi connectivity index (χ3v) is 4.36. The summed E-state index contributed by atoms with van der Waals surface area (Å²) in [7, 11) is 0. The van der Waals surface area contributed by atoms with Crippen molar-refractivity contribution in [2.75, 3.05) is 13.1 Å². The van der Waals surface area contributed by atoms with Gasteiger partial charge in [-0.05, 0) is 24.3 Å². The SMILES string of the molecule is CC1CC(C)CN(Cc2c(Br)cccc2[N+](=O)[O-])C1. The Balaban J connectivity index is 2.21. The molecule has 5 heteroatoms. The Labute approximate surface area is 122 Å². The fourth-order valence-electron chi connectivity index (χ4n) is 3.02. The average molecular weight is 327 g/mol. The molecule has 2 unspecified atom stereocenters. The number of nitro groups is 1. The number of hydrogen-bond acceptors (Lipinski definition) is 3. The molecule has 1 aliphatic heterocycles. The molecule has 0 N–H and O–H groups in total. The van der Waals surface area contributed by atoms with Crippen LogP contribution in [0.25, 0.3) is 0 Å². The molecular formula is C14H19BrN2O2. The zero-order chi connectivity index (χ0) is 14.0. The van der Waals surface area contributed by atoms with Crippen molar-refractivity contribution in [2.24, 2.45) is 11.8 Å². The Morgan fingerprint density at radius 2 is 2.00 bits per heavy atom. The molecular weight excluding hydrogens is 308 g/mol. The minimum atomic E-state index is -0.295. The van der Waals surface area contributed by atoms with Crippen LogP contribution in [0, 0.1) is 22.0 Å². The van der Waals surface area contributed by atoms with Gasteiger partial charge in [0.15, 0.2) is 0 Å². The number of halogens is 1. The van der Waals surface area contributed by atoms with Crippen LogP contribution in [0.5, 0.6) is 0 Å². The molecule has 104 valence electrons. The van der Waals surface area contributed by atoms with E-state index in [0.29, 0.717) is 18.4 Å². The molecule has 0 spiro atoms. The van der Waals surface area contributed by atoms with Crippen LogP contribution in [0.2, 0.25) is 0 Å². The molecule has 0 radical (unpaired) electrons. The van der Waals surface area contributed by atoms with Crippen molar-refractivity contribution < 1.29 is 4.92 Å². The van der Waals surface area contributed by atoms with E-state index in [-0.39, 0.29) is 10.6 Å². The Bertz CT molecular complexity index is 469. The second kappa shape index (κ2) is 6.01. The van der Waals surface area contributed by atoms with Crippen LogP contribution in [0.15, 0.2) is 22.7 Å². The molecule has 1 saturated heterocycles. The molecule has 19 heavy (non-hydrogen) atoms. The average Bonchev–Trinajstić information content (AvgIpc) is 2.30. The fraction of sp³-hybridized carbons (Fsp3) is 0.571. The summed E-state index contributed by atoms with van der Waals surface area (Å²) < 4.78 is 0.826. The lowest BCUT2D eigenvalue weighted by molar-refractivity contribution is -0.385. The number of nitrogens with zero attached hydrogens (tertiary/aromatic N) is 2. The zero-order valence-electron chi connectivity index (χ0n) is 11.3. The van der Waals surface area contributed by atoms with E-state index < -0.39 is 0 Å². The Morgan fingerprint density at radius 3 is 2.58 bits per heavy atom. The van der Waals surface area contributed by atoms with Gasteiger partial charge in [-0.1, -0.05) is 35.8 Å². The zero-order valence-corrected chi connectivity index (χ0v) is 12.9. The first kappa shape index (κ1) is 14.5. The van der Waals surface area contributed by atoms with Crippen LogP contribution in [0.1, 0.15) is 25.8 Å². The first-order valence-electron chi connectivity index (χ1n) is 6.61. The van der Waals surface area contributed by atoms with Gasteiger partial charge in [0.05, 0.1) is 10.5 Å². The summed E-state index contributed by atoms with van der Waals surface area (Å²) in [4.78, 5) is 13.1. The van der Waals surface area contributed by atoms with Gasteiger partial charge in [-0.2, -0.15) is 0 Å². The van der Waals surface area contributed by atoms with Crippen LogP contribution in [0.3, 0.4) is 0 Å². The van der Waals surface area contributed by atoms with Gasteiger partial charge in [-0.15, -0.1) is 0 Å². The lowest BCUT2D eigenvalue weighted by atomic mass is 9.91. The highest BCUT2D eigenvalue weighted by Crippen LogP contribution is 2.30. The summed E-state index contributed by atoms with van der Waals surface area (Å²) in [6.07, 6.45) is 1.24. The van der Waals surface area contributed by atoms with E-state index >= 15 is 0 Å². The Kier molecular flexibility index (Phi) is 4.58. The third kappa shape index (κ3) is 3.54. The van der Waals surface area contributed by atoms with Gasteiger partial charge in [-0.25, -0.2) is 0 Å². The van der Waals surface area contributed by atoms with Crippen LogP contribution in [-0.4, -0.2) is 22.9 Å². The largest absolute Gasteiger partial charge is 0.298 e. The number of nitro benzene ring substituents is 1. The monoisotopic (exact) mass is 326 g/mol. The van der Waals surface area contributed by atoms with Gasteiger partial charge in [0.2, 0.25) is 0 Å². The topological polar surface area (TPSA) is 46.4 Å². The number of benzene rings is 1. The molecule has 4 nitrogen and oxygen atoms in total. The summed E-state index contributed by atoms with van der Waals surface area (Å²) in [5.41, 5.74) is 0.994. The summed E-state index contributed by atoms with van der Waals surface area (Å²) in [5, 5.41) is 11.1. The maximum atomic E-state index is 11.1. The molecule has 1 aromatic rings. The molecule has 1 aromatic carbocycles. The molecule has 2 atom stereocenters. The van der Waals surface area contributed by atoms with Crippen molar-refractivity contribution in [1.29, 1.82) is 0 Å². The second-order valence-electron chi connectivity index (χ2n) is 5.63. The molecule has 0 bridgehead atoms. The van der Waals surface area contributed by atoms with Gasteiger partial charge in [-0.3, -0.25) is 15.0 Å². The maximum absolute atomic E-state index is 11.1. The van der Waals surface area contributed by atoms with Crippen molar-refractivity contribution in [3.63, 3.8) is 0 Å². The molecule has 0 amide bonds. The minimum Gasteiger partial charge on any atom is -0.298 e. The maximum Gasteiger partial charge on any atom is 0.275 e. The first-order chi connectivity index (χ1) is 8.97. The Morgan fingerprint density at radius 1 is 1.37 bits per heavy atom. The Hall–Kier alpha value is -0.940. The van der Waals surface area contributed by atoms with E-state index in [1.807, 2.05) is 6.07 Å². The van der Waals surface area contributed by atoms with Crippen molar-refractivity contribution in [3.8, 4) is 0 Å². The normalized spacial score (nSPS) is 24.4. The summed E-state index contributed by atoms with van der Waals surface area (Å²) in [6.45, 7) is 7.17. The third-order valence-electron chi connectivity index (χ3n) is 3.62. The highest BCUT2D eigenvalue weighted by Gasteiger charge is 2.25. The number of rotatable bonds is 3. The molecule has 1 aliphatic rings. The van der Waals surface area contributed by atoms with Crippen LogP contribution < -0.4 is 0 Å². The van der Waals surface area contributed by atoms with E-state index in [0.717, 1.165) is 23.1 Å². The first-order valence-corrected chi connectivity index (χ1v) is 7.40. The van der Waals surface area contributed by atoms with E-state index in [1.54, 1.807) is 12.1 Å². The van der Waals surface area contributed by atoms with E-state index in [1.165, 1.54) is 6.42 Å². The fourth-order valence-corrected chi connectivity index (χ4v) is 3.50. The number of hydrogen-bond donors (Lipinski definition) is 0. The van der Waals surface area contributed by atoms with Crippen molar-refractivity contribution >= 4 is 21.6 Å². The van der Waals surface area contributed by atoms with Gasteiger partial charge in [0, 0.05) is 30.2 Å². The molecule has 0 aromatic heterocycles. The van der Waals surface area contributed by atoms with Crippen molar-refractivity contribution in [3.05, 3.63) is 38.3 Å². The van der Waals surface area contributed by atoms with E-state index in [9.17, 15) is 10.1 Å². The highest BCUT2D eigenvalue weighted by molar-refractivity contribution is 9.10. The molecule has 0 aliphatic carbocycles. The van der Waals surface area contributed by atoms with Crippen molar-refractivity contribution in [1.82, 2.24) is 4.90 Å². The van der Waals surface area contributed by atoms with Crippen LogP contribution in [-0.2, 0) is 6.54 Å². The lowest BCUT2D eigenvalue weighted by Crippen LogP contribution is -2.38. The quantitative estimate of drug-likeness (QED) is 0.626. The molecule has 1 fully saturated rings. The minimum absolute atomic E-state index is 0.209. The molecule has 1 heterocycles. The second-order valence-corrected chi connectivity index (χ2v) is 6.49. The van der Waals surface area contributed by atoms with Gasteiger partial charge >= 0.3 is 0 Å². The van der Waals surface area contributed by atoms with Gasteiger partial charge < -0.3 is 0 Å².